The second-order valence-electron chi connectivity index (χ2n) is 4.70. The third kappa shape index (κ3) is 4.20. The van der Waals surface area contributed by atoms with E-state index in [0.29, 0.717) is 13.2 Å². The van der Waals surface area contributed by atoms with Crippen LogP contribution in [-0.4, -0.2) is 13.2 Å². The summed E-state index contributed by atoms with van der Waals surface area (Å²) < 4.78 is 24.3. The van der Waals surface area contributed by atoms with Crippen molar-refractivity contribution in [1.82, 2.24) is 0 Å². The van der Waals surface area contributed by atoms with Crippen LogP contribution in [0.25, 0.3) is 0 Å². The molecule has 4 nitrogen and oxygen atoms in total. The normalized spacial score (nSPS) is 12.8. The SMILES string of the molecule is CCOP(=O)(OCC)[C@@H](Nc1ccccc1)c1ccccc1. The molecule has 0 fully saturated rings. The lowest BCUT2D eigenvalue weighted by Gasteiger charge is -2.28. The van der Waals surface area contributed by atoms with Gasteiger partial charge in [-0.1, -0.05) is 48.5 Å². The smallest absolute Gasteiger partial charge is 0.357 e. The molecular weight excluding hydrogens is 297 g/mol. The first kappa shape index (κ1) is 16.8. The average molecular weight is 319 g/mol. The van der Waals surface area contributed by atoms with Crippen LogP contribution in [-0.2, 0) is 13.6 Å². The molecule has 0 aromatic heterocycles. The average Bonchev–Trinajstić information content (AvgIpc) is 2.55. The summed E-state index contributed by atoms with van der Waals surface area (Å²) in [5.41, 5.74) is 1.74. The number of benzene rings is 2. The van der Waals surface area contributed by atoms with Crippen molar-refractivity contribution in [2.75, 3.05) is 18.5 Å². The summed E-state index contributed by atoms with van der Waals surface area (Å²) in [5.74, 6) is -0.545. The molecule has 0 radical (unpaired) electrons. The van der Waals surface area contributed by atoms with Crippen LogP contribution < -0.4 is 5.32 Å². The molecule has 0 saturated heterocycles. The van der Waals surface area contributed by atoms with Gasteiger partial charge in [0.2, 0.25) is 0 Å². The number of nitrogens with one attached hydrogen (secondary N) is 1. The molecule has 0 unspecified atom stereocenters. The van der Waals surface area contributed by atoms with E-state index in [1.165, 1.54) is 0 Å². The molecule has 5 heteroatoms. The summed E-state index contributed by atoms with van der Waals surface area (Å²) >= 11 is 0. The van der Waals surface area contributed by atoms with Crippen molar-refractivity contribution < 1.29 is 13.6 Å². The molecule has 2 rings (SSSR count). The van der Waals surface area contributed by atoms with Crippen molar-refractivity contribution >= 4 is 13.3 Å². The highest BCUT2D eigenvalue weighted by Crippen LogP contribution is 2.60. The molecule has 118 valence electrons. The summed E-state index contributed by atoms with van der Waals surface area (Å²) in [4.78, 5) is 0. The van der Waals surface area contributed by atoms with Crippen LogP contribution in [0.5, 0.6) is 0 Å². The second kappa shape index (κ2) is 8.14. The Bertz CT molecular complexity index is 594. The quantitative estimate of drug-likeness (QED) is 0.691. The molecule has 0 bridgehead atoms. The highest BCUT2D eigenvalue weighted by Gasteiger charge is 2.36. The first-order valence-corrected chi connectivity index (χ1v) is 9.06. The predicted molar refractivity (Wildman–Crippen MR) is 90.1 cm³/mol. The Morgan fingerprint density at radius 1 is 0.909 bits per heavy atom. The van der Waals surface area contributed by atoms with Crippen LogP contribution in [0.2, 0.25) is 0 Å². The van der Waals surface area contributed by atoms with Gasteiger partial charge in [-0.05, 0) is 31.5 Å². The summed E-state index contributed by atoms with van der Waals surface area (Å²) in [5, 5.41) is 3.29. The van der Waals surface area contributed by atoms with Gasteiger partial charge in [0.15, 0.2) is 5.78 Å². The molecule has 0 aliphatic carbocycles. The van der Waals surface area contributed by atoms with E-state index in [1.807, 2.05) is 74.5 Å². The molecule has 0 amide bonds. The molecule has 1 N–H and O–H groups in total. The van der Waals surface area contributed by atoms with E-state index in [4.69, 9.17) is 9.05 Å². The minimum Gasteiger partial charge on any atom is -0.368 e. The topological polar surface area (TPSA) is 47.6 Å². The van der Waals surface area contributed by atoms with Gasteiger partial charge in [-0.15, -0.1) is 0 Å². The molecule has 0 spiro atoms. The monoisotopic (exact) mass is 319 g/mol. The first-order valence-electron chi connectivity index (χ1n) is 7.45. The molecule has 1 atom stereocenters. The summed E-state index contributed by atoms with van der Waals surface area (Å²) in [6, 6.07) is 19.2. The van der Waals surface area contributed by atoms with Crippen molar-refractivity contribution in [2.24, 2.45) is 0 Å². The highest BCUT2D eigenvalue weighted by atomic mass is 31.2. The summed E-state index contributed by atoms with van der Waals surface area (Å²) in [7, 11) is -3.33. The van der Waals surface area contributed by atoms with E-state index < -0.39 is 13.4 Å². The zero-order valence-electron chi connectivity index (χ0n) is 12.9. The number of hydrogen-bond acceptors (Lipinski definition) is 4. The Hall–Kier alpha value is -1.61. The van der Waals surface area contributed by atoms with Gasteiger partial charge in [0.25, 0.3) is 0 Å². The van der Waals surface area contributed by atoms with E-state index in [-0.39, 0.29) is 0 Å². The number of rotatable bonds is 8. The van der Waals surface area contributed by atoms with Crippen LogP contribution in [0, 0.1) is 0 Å². The minimum atomic E-state index is -3.33. The molecule has 2 aromatic rings. The Kier molecular flexibility index (Phi) is 6.20. The van der Waals surface area contributed by atoms with Crippen LogP contribution in [0.3, 0.4) is 0 Å². The zero-order chi connectivity index (χ0) is 15.8. The summed E-state index contributed by atoms with van der Waals surface area (Å²) in [6.07, 6.45) is 0. The lowest BCUT2D eigenvalue weighted by atomic mass is 10.2. The van der Waals surface area contributed by atoms with Crippen LogP contribution in [0.1, 0.15) is 25.2 Å². The van der Waals surface area contributed by atoms with Gasteiger partial charge < -0.3 is 14.4 Å². The first-order chi connectivity index (χ1) is 10.7. The van der Waals surface area contributed by atoms with Crippen molar-refractivity contribution in [1.29, 1.82) is 0 Å². The largest absolute Gasteiger partial charge is 0.368 e. The Morgan fingerprint density at radius 3 is 1.91 bits per heavy atom. The van der Waals surface area contributed by atoms with Gasteiger partial charge >= 0.3 is 7.60 Å². The van der Waals surface area contributed by atoms with Gasteiger partial charge in [0.05, 0.1) is 13.2 Å². The maximum absolute atomic E-state index is 13.2. The zero-order valence-corrected chi connectivity index (χ0v) is 13.8. The van der Waals surface area contributed by atoms with Gasteiger partial charge in [-0.2, -0.15) is 0 Å². The molecular formula is C17H22NO3P. The second-order valence-corrected chi connectivity index (χ2v) is 6.81. The third-order valence-electron chi connectivity index (χ3n) is 3.13. The number of anilines is 1. The van der Waals surface area contributed by atoms with E-state index in [9.17, 15) is 4.57 Å². The van der Waals surface area contributed by atoms with E-state index in [2.05, 4.69) is 5.32 Å². The standard InChI is InChI=1S/C17H22NO3P/c1-3-20-22(19,21-4-2)17(15-11-7-5-8-12-15)18-16-13-9-6-10-14-16/h5-14,17-18H,3-4H2,1-2H3/t17-/m1/s1. The maximum Gasteiger partial charge on any atom is 0.357 e. The Morgan fingerprint density at radius 2 is 1.41 bits per heavy atom. The van der Waals surface area contributed by atoms with Gasteiger partial charge in [-0.25, -0.2) is 0 Å². The minimum absolute atomic E-state index is 0.330. The van der Waals surface area contributed by atoms with E-state index >= 15 is 0 Å². The fourth-order valence-electron chi connectivity index (χ4n) is 2.22. The fraction of sp³-hybridized carbons (Fsp3) is 0.294. The molecule has 0 aliphatic rings. The van der Waals surface area contributed by atoms with E-state index in [0.717, 1.165) is 11.3 Å². The van der Waals surface area contributed by atoms with Gasteiger partial charge in [-0.3, -0.25) is 4.57 Å². The van der Waals surface area contributed by atoms with Crippen molar-refractivity contribution in [3.8, 4) is 0 Å². The van der Waals surface area contributed by atoms with Crippen LogP contribution in [0.15, 0.2) is 60.7 Å². The molecule has 0 saturated carbocycles. The number of hydrogen-bond donors (Lipinski definition) is 1. The predicted octanol–water partition coefficient (Wildman–Crippen LogP) is 5.06. The van der Waals surface area contributed by atoms with Crippen LogP contribution >= 0.6 is 7.60 Å². The van der Waals surface area contributed by atoms with Crippen molar-refractivity contribution in [2.45, 2.75) is 19.6 Å². The van der Waals surface area contributed by atoms with Gasteiger partial charge in [0, 0.05) is 5.69 Å². The Balaban J connectivity index is 2.38. The lowest BCUT2D eigenvalue weighted by molar-refractivity contribution is 0.214. The molecule has 2 aromatic carbocycles. The highest BCUT2D eigenvalue weighted by molar-refractivity contribution is 7.54. The molecule has 22 heavy (non-hydrogen) atoms. The maximum atomic E-state index is 13.2. The van der Waals surface area contributed by atoms with Gasteiger partial charge in [0.1, 0.15) is 0 Å². The molecule has 0 aliphatic heterocycles. The van der Waals surface area contributed by atoms with Crippen molar-refractivity contribution in [3.63, 3.8) is 0 Å². The fourth-order valence-corrected chi connectivity index (χ4v) is 4.16. The lowest BCUT2D eigenvalue weighted by Crippen LogP contribution is -2.15. The third-order valence-corrected chi connectivity index (χ3v) is 5.42. The number of para-hydroxylation sites is 1. The van der Waals surface area contributed by atoms with Crippen LogP contribution in [0.4, 0.5) is 5.69 Å². The van der Waals surface area contributed by atoms with Crippen molar-refractivity contribution in [3.05, 3.63) is 66.2 Å². The molecule has 0 heterocycles. The Labute approximate surface area is 132 Å². The summed E-state index contributed by atoms with van der Waals surface area (Å²) in [6.45, 7) is 4.29. The van der Waals surface area contributed by atoms with E-state index in [1.54, 1.807) is 0 Å².